The first-order valence-electron chi connectivity index (χ1n) is 10.6. The van der Waals surface area contributed by atoms with E-state index in [4.69, 9.17) is 4.74 Å². The number of aromatic nitrogens is 3. The number of benzene rings is 1. The molecule has 1 fully saturated rings. The summed E-state index contributed by atoms with van der Waals surface area (Å²) in [6, 6.07) is 10.1. The highest BCUT2D eigenvalue weighted by Crippen LogP contribution is 2.23. The fraction of sp³-hybridized carbons (Fsp3) is 0.591. The number of likely N-dealkylation sites (tertiary alicyclic amines) is 1. The summed E-state index contributed by atoms with van der Waals surface area (Å²) in [7, 11) is 0. The molecule has 0 bridgehead atoms. The van der Waals surface area contributed by atoms with Gasteiger partial charge in [-0.2, -0.15) is 0 Å². The molecule has 7 heteroatoms. The van der Waals surface area contributed by atoms with E-state index in [1.54, 1.807) is 0 Å². The molecule has 1 aliphatic heterocycles. The Kier molecular flexibility index (Phi) is 7.98. The van der Waals surface area contributed by atoms with E-state index in [9.17, 15) is 4.79 Å². The van der Waals surface area contributed by atoms with Gasteiger partial charge in [0.2, 0.25) is 5.91 Å². The number of ether oxygens (including phenoxy) is 1. The smallest absolute Gasteiger partial charge is 0.233 e. The fourth-order valence-corrected chi connectivity index (χ4v) is 4.36. The fourth-order valence-electron chi connectivity index (χ4n) is 3.49. The van der Waals surface area contributed by atoms with Gasteiger partial charge in [-0.3, -0.25) is 4.79 Å². The van der Waals surface area contributed by atoms with Gasteiger partial charge in [0.1, 0.15) is 12.4 Å². The molecule has 1 amide bonds. The quantitative estimate of drug-likeness (QED) is 0.567. The Morgan fingerprint density at radius 2 is 2.03 bits per heavy atom. The molecule has 1 aliphatic rings. The average molecular weight is 417 g/mol. The van der Waals surface area contributed by atoms with Gasteiger partial charge in [-0.1, -0.05) is 43.8 Å². The predicted octanol–water partition coefficient (Wildman–Crippen LogP) is 4.40. The Morgan fingerprint density at radius 3 is 2.76 bits per heavy atom. The van der Waals surface area contributed by atoms with E-state index in [0.717, 1.165) is 49.1 Å². The third-order valence-electron chi connectivity index (χ3n) is 5.28. The summed E-state index contributed by atoms with van der Waals surface area (Å²) in [4.78, 5) is 14.7. The number of hydrogen-bond acceptors (Lipinski definition) is 5. The maximum Gasteiger partial charge on any atom is 0.233 e. The third-order valence-corrected chi connectivity index (χ3v) is 6.23. The zero-order chi connectivity index (χ0) is 20.6. The highest BCUT2D eigenvalue weighted by molar-refractivity contribution is 7.99. The lowest BCUT2D eigenvalue weighted by Gasteiger charge is -2.33. The number of carbonyl (C=O) groups is 1. The number of rotatable bonds is 9. The largest absolute Gasteiger partial charge is 0.486 e. The van der Waals surface area contributed by atoms with Crippen molar-refractivity contribution >= 4 is 17.7 Å². The minimum Gasteiger partial charge on any atom is -0.486 e. The minimum absolute atomic E-state index is 0.197. The highest BCUT2D eigenvalue weighted by Gasteiger charge is 2.24. The summed E-state index contributed by atoms with van der Waals surface area (Å²) in [5.41, 5.74) is 0. The second-order valence-electron chi connectivity index (χ2n) is 8.06. The molecule has 0 spiro atoms. The molecule has 1 saturated heterocycles. The van der Waals surface area contributed by atoms with Gasteiger partial charge in [-0.25, -0.2) is 0 Å². The van der Waals surface area contributed by atoms with E-state index in [0.29, 0.717) is 24.3 Å². The lowest BCUT2D eigenvalue weighted by atomic mass is 10.0. The molecule has 1 unspecified atom stereocenters. The Hall–Kier alpha value is -2.02. The van der Waals surface area contributed by atoms with Crippen LogP contribution in [0, 0.1) is 5.92 Å². The van der Waals surface area contributed by atoms with E-state index in [1.807, 2.05) is 35.2 Å². The van der Waals surface area contributed by atoms with Crippen LogP contribution in [0.1, 0.15) is 52.3 Å². The molecule has 1 aromatic heterocycles. The van der Waals surface area contributed by atoms with Crippen LogP contribution >= 0.6 is 11.8 Å². The summed E-state index contributed by atoms with van der Waals surface area (Å²) in [5.74, 6) is 2.80. The maximum absolute atomic E-state index is 12.7. The van der Waals surface area contributed by atoms with Crippen molar-refractivity contribution in [3.8, 4) is 5.75 Å². The second kappa shape index (κ2) is 10.7. The summed E-state index contributed by atoms with van der Waals surface area (Å²) >= 11 is 1.49. The topological polar surface area (TPSA) is 60.2 Å². The van der Waals surface area contributed by atoms with Crippen LogP contribution in [0.4, 0.5) is 0 Å². The normalized spacial score (nSPS) is 17.0. The van der Waals surface area contributed by atoms with Crippen molar-refractivity contribution in [2.45, 2.75) is 70.8 Å². The molecule has 0 radical (unpaired) electrons. The molecule has 1 atom stereocenters. The molecule has 0 N–H and O–H groups in total. The number of amides is 1. The third kappa shape index (κ3) is 6.23. The van der Waals surface area contributed by atoms with E-state index < -0.39 is 0 Å². The van der Waals surface area contributed by atoms with Gasteiger partial charge < -0.3 is 14.2 Å². The molecular formula is C22H32N4O2S. The van der Waals surface area contributed by atoms with Crippen molar-refractivity contribution in [1.82, 2.24) is 19.7 Å². The van der Waals surface area contributed by atoms with Gasteiger partial charge in [0.05, 0.1) is 5.75 Å². The van der Waals surface area contributed by atoms with E-state index in [1.165, 1.54) is 18.2 Å². The first-order chi connectivity index (χ1) is 14.0. The first kappa shape index (κ1) is 21.7. The highest BCUT2D eigenvalue weighted by atomic mass is 32.2. The summed E-state index contributed by atoms with van der Waals surface area (Å²) < 4.78 is 7.99. The van der Waals surface area contributed by atoms with Crippen molar-refractivity contribution in [3.05, 3.63) is 36.2 Å². The zero-order valence-corrected chi connectivity index (χ0v) is 18.5. The van der Waals surface area contributed by atoms with Crippen LogP contribution in [0.5, 0.6) is 5.75 Å². The Morgan fingerprint density at radius 1 is 1.24 bits per heavy atom. The van der Waals surface area contributed by atoms with Crippen LogP contribution in [-0.2, 0) is 17.9 Å². The Bertz CT molecular complexity index is 778. The van der Waals surface area contributed by atoms with Crippen LogP contribution in [0.15, 0.2) is 35.5 Å². The van der Waals surface area contributed by atoms with Crippen LogP contribution in [0.25, 0.3) is 0 Å². The SMILES string of the molecule is CC(C)CCn1c(COc2ccccc2)nnc1SCC(=O)N1CCCCC1C. The molecule has 0 saturated carbocycles. The molecule has 3 rings (SSSR count). The number of thioether (sulfide) groups is 1. The molecule has 158 valence electrons. The van der Waals surface area contributed by atoms with E-state index in [-0.39, 0.29) is 5.91 Å². The lowest BCUT2D eigenvalue weighted by molar-refractivity contribution is -0.131. The number of carbonyl (C=O) groups excluding carboxylic acids is 1. The standard InChI is InChI=1S/C22H32N4O2S/c1-17(2)12-14-26-20(15-28-19-10-5-4-6-11-19)23-24-22(26)29-16-21(27)25-13-8-7-9-18(25)3/h4-6,10-11,17-18H,7-9,12-16H2,1-3H3. The van der Waals surface area contributed by atoms with Crippen LogP contribution in [-0.4, -0.2) is 43.9 Å². The maximum atomic E-state index is 12.7. The molecule has 2 heterocycles. The van der Waals surface area contributed by atoms with Gasteiger partial charge >= 0.3 is 0 Å². The van der Waals surface area contributed by atoms with Gasteiger partial charge in [-0.05, 0) is 50.7 Å². The van der Waals surface area contributed by atoms with Crippen molar-refractivity contribution in [3.63, 3.8) is 0 Å². The van der Waals surface area contributed by atoms with Crippen LogP contribution in [0.3, 0.4) is 0 Å². The molecular weight excluding hydrogens is 384 g/mol. The predicted molar refractivity (Wildman–Crippen MR) is 116 cm³/mol. The summed E-state index contributed by atoms with van der Waals surface area (Å²) in [5, 5.41) is 9.53. The van der Waals surface area contributed by atoms with Crippen molar-refractivity contribution in [1.29, 1.82) is 0 Å². The molecule has 1 aromatic carbocycles. The lowest BCUT2D eigenvalue weighted by Crippen LogP contribution is -2.43. The van der Waals surface area contributed by atoms with Gasteiger partial charge in [0.15, 0.2) is 11.0 Å². The second-order valence-corrected chi connectivity index (χ2v) is 9.00. The van der Waals surface area contributed by atoms with Crippen molar-refractivity contribution < 1.29 is 9.53 Å². The molecule has 2 aromatic rings. The zero-order valence-electron chi connectivity index (χ0n) is 17.7. The Balaban J connectivity index is 1.65. The first-order valence-corrected chi connectivity index (χ1v) is 11.6. The van der Waals surface area contributed by atoms with Crippen molar-refractivity contribution in [2.75, 3.05) is 12.3 Å². The summed E-state index contributed by atoms with van der Waals surface area (Å²) in [6.07, 6.45) is 4.45. The average Bonchev–Trinajstić information content (AvgIpc) is 3.11. The molecule has 0 aliphatic carbocycles. The van der Waals surface area contributed by atoms with E-state index in [2.05, 4.69) is 35.5 Å². The van der Waals surface area contributed by atoms with Crippen LogP contribution < -0.4 is 4.74 Å². The summed E-state index contributed by atoms with van der Waals surface area (Å²) in [6.45, 7) is 8.63. The number of hydrogen-bond donors (Lipinski definition) is 0. The van der Waals surface area contributed by atoms with Crippen molar-refractivity contribution in [2.24, 2.45) is 5.92 Å². The van der Waals surface area contributed by atoms with Gasteiger partial charge in [0.25, 0.3) is 0 Å². The van der Waals surface area contributed by atoms with E-state index >= 15 is 0 Å². The van der Waals surface area contributed by atoms with Gasteiger partial charge in [0, 0.05) is 19.1 Å². The number of piperidine rings is 1. The monoisotopic (exact) mass is 416 g/mol. The number of para-hydroxylation sites is 1. The molecule has 29 heavy (non-hydrogen) atoms. The Labute approximate surface area is 178 Å². The molecule has 6 nitrogen and oxygen atoms in total. The number of nitrogens with zero attached hydrogens (tertiary/aromatic N) is 4. The van der Waals surface area contributed by atoms with Gasteiger partial charge in [-0.15, -0.1) is 10.2 Å². The minimum atomic E-state index is 0.197. The van der Waals surface area contributed by atoms with Crippen LogP contribution in [0.2, 0.25) is 0 Å².